The summed E-state index contributed by atoms with van der Waals surface area (Å²) in [4.78, 5) is 0. The number of ether oxygens (including phenoxy) is 1. The van der Waals surface area contributed by atoms with E-state index in [0.717, 1.165) is 17.8 Å². The number of hydrogen-bond donors (Lipinski definition) is 1. The normalized spacial score (nSPS) is 57.8. The Morgan fingerprint density at radius 1 is 0.846 bits per heavy atom. The average molecular weight is 363 g/mol. The molecule has 0 bridgehead atoms. The van der Waals surface area contributed by atoms with Gasteiger partial charge >= 0.3 is 0 Å². The van der Waals surface area contributed by atoms with Crippen molar-refractivity contribution in [2.45, 2.75) is 105 Å². The van der Waals surface area contributed by atoms with Gasteiger partial charge in [0.25, 0.3) is 0 Å². The van der Waals surface area contributed by atoms with Crippen LogP contribution in [0, 0.1) is 39.4 Å². The van der Waals surface area contributed by atoms with Gasteiger partial charge in [0.05, 0.1) is 12.2 Å². The SMILES string of the molecule is CO[C@H]1CC[C@]2(C)[C@H]3CC[C@@]4(C)[C@@H](CC[C@]4(C)[C@@H](C)O)[C@@H]3CC[C@@]2(C)C1. The summed E-state index contributed by atoms with van der Waals surface area (Å²) in [5, 5.41) is 10.6. The maximum absolute atomic E-state index is 10.6. The maximum Gasteiger partial charge on any atom is 0.0577 e. The van der Waals surface area contributed by atoms with Gasteiger partial charge in [0, 0.05) is 7.11 Å². The smallest absolute Gasteiger partial charge is 0.0577 e. The molecule has 9 atom stereocenters. The topological polar surface area (TPSA) is 29.5 Å². The lowest BCUT2D eigenvalue weighted by Gasteiger charge is -2.66. The van der Waals surface area contributed by atoms with Crippen LogP contribution in [-0.2, 0) is 4.74 Å². The highest BCUT2D eigenvalue weighted by molar-refractivity contribution is 5.15. The van der Waals surface area contributed by atoms with E-state index in [-0.39, 0.29) is 11.5 Å². The molecule has 4 fully saturated rings. The monoisotopic (exact) mass is 362 g/mol. The number of aliphatic hydroxyl groups is 1. The summed E-state index contributed by atoms with van der Waals surface area (Å²) in [5.74, 6) is 2.59. The highest BCUT2D eigenvalue weighted by Gasteiger charge is 2.66. The minimum Gasteiger partial charge on any atom is -0.393 e. The molecule has 4 aliphatic carbocycles. The Morgan fingerprint density at radius 2 is 1.46 bits per heavy atom. The lowest BCUT2D eigenvalue weighted by atomic mass is 9.39. The predicted octanol–water partition coefficient (Wildman–Crippen LogP) is 5.82. The van der Waals surface area contributed by atoms with E-state index in [4.69, 9.17) is 4.74 Å². The third-order valence-electron chi connectivity index (χ3n) is 11.3. The molecule has 0 aromatic rings. The van der Waals surface area contributed by atoms with E-state index in [2.05, 4.69) is 27.7 Å². The second-order valence-corrected chi connectivity index (χ2v) is 11.6. The van der Waals surface area contributed by atoms with Crippen LogP contribution >= 0.6 is 0 Å². The molecule has 2 heteroatoms. The second kappa shape index (κ2) is 5.96. The Labute approximate surface area is 161 Å². The van der Waals surface area contributed by atoms with Crippen LogP contribution in [0.5, 0.6) is 0 Å². The third kappa shape index (κ3) is 2.24. The summed E-state index contributed by atoms with van der Waals surface area (Å²) < 4.78 is 5.80. The Morgan fingerprint density at radius 3 is 2.12 bits per heavy atom. The quantitative estimate of drug-likeness (QED) is 0.670. The van der Waals surface area contributed by atoms with Gasteiger partial charge in [0.15, 0.2) is 0 Å². The Bertz CT molecular complexity index is 558. The van der Waals surface area contributed by atoms with E-state index in [1.54, 1.807) is 0 Å². The predicted molar refractivity (Wildman–Crippen MR) is 107 cm³/mol. The minimum atomic E-state index is -0.185. The molecule has 0 saturated heterocycles. The molecule has 0 heterocycles. The van der Waals surface area contributed by atoms with Gasteiger partial charge in [-0.1, -0.05) is 27.7 Å². The molecule has 0 radical (unpaired) electrons. The van der Waals surface area contributed by atoms with Crippen LogP contribution in [-0.4, -0.2) is 24.4 Å². The van der Waals surface area contributed by atoms with Crippen molar-refractivity contribution >= 4 is 0 Å². The molecule has 1 N–H and O–H groups in total. The number of rotatable bonds is 2. The first-order valence-electron chi connectivity index (χ1n) is 11.3. The van der Waals surface area contributed by atoms with Crippen molar-refractivity contribution in [2.24, 2.45) is 39.4 Å². The van der Waals surface area contributed by atoms with Gasteiger partial charge in [0.2, 0.25) is 0 Å². The van der Waals surface area contributed by atoms with Gasteiger partial charge in [-0.25, -0.2) is 0 Å². The van der Waals surface area contributed by atoms with Gasteiger partial charge in [0.1, 0.15) is 0 Å². The molecule has 0 spiro atoms. The molecule has 4 saturated carbocycles. The van der Waals surface area contributed by atoms with Crippen LogP contribution in [0.25, 0.3) is 0 Å². The summed E-state index contributed by atoms with van der Waals surface area (Å²) >= 11 is 0. The van der Waals surface area contributed by atoms with Gasteiger partial charge in [-0.3, -0.25) is 0 Å². The third-order valence-corrected chi connectivity index (χ3v) is 11.3. The van der Waals surface area contributed by atoms with Gasteiger partial charge in [-0.05, 0) is 104 Å². The van der Waals surface area contributed by atoms with Crippen LogP contribution in [0.2, 0.25) is 0 Å². The molecule has 0 amide bonds. The van der Waals surface area contributed by atoms with E-state index < -0.39 is 0 Å². The maximum atomic E-state index is 10.6. The van der Waals surface area contributed by atoms with E-state index in [1.165, 1.54) is 57.8 Å². The minimum absolute atomic E-state index is 0.109. The number of hydrogen-bond acceptors (Lipinski definition) is 2. The molecule has 0 aromatic heterocycles. The van der Waals surface area contributed by atoms with E-state index >= 15 is 0 Å². The molecular formula is C24H42O2. The average Bonchev–Trinajstić information content (AvgIpc) is 2.88. The lowest BCUT2D eigenvalue weighted by molar-refractivity contribution is -0.184. The zero-order chi connectivity index (χ0) is 19.0. The zero-order valence-electron chi connectivity index (χ0n) is 18.1. The summed E-state index contributed by atoms with van der Waals surface area (Å²) in [5.41, 5.74) is 1.37. The first-order valence-corrected chi connectivity index (χ1v) is 11.3. The highest BCUT2D eigenvalue weighted by atomic mass is 16.5. The van der Waals surface area contributed by atoms with Gasteiger partial charge in [-0.15, -0.1) is 0 Å². The van der Waals surface area contributed by atoms with Crippen LogP contribution in [0.1, 0.15) is 92.4 Å². The fraction of sp³-hybridized carbons (Fsp3) is 1.00. The van der Waals surface area contributed by atoms with E-state index in [1.807, 2.05) is 14.0 Å². The molecule has 0 unspecified atom stereocenters. The second-order valence-electron chi connectivity index (χ2n) is 11.6. The van der Waals surface area contributed by atoms with Crippen LogP contribution in [0.15, 0.2) is 0 Å². The fourth-order valence-corrected chi connectivity index (χ4v) is 8.78. The molecule has 0 aliphatic heterocycles. The number of aliphatic hydroxyl groups excluding tert-OH is 1. The Balaban J connectivity index is 1.64. The summed E-state index contributed by atoms with van der Waals surface area (Å²) in [6.07, 6.45) is 12.2. The fourth-order valence-electron chi connectivity index (χ4n) is 8.78. The van der Waals surface area contributed by atoms with Crippen molar-refractivity contribution in [3.05, 3.63) is 0 Å². The Kier molecular flexibility index (Phi) is 4.41. The van der Waals surface area contributed by atoms with Crippen molar-refractivity contribution < 1.29 is 9.84 Å². The number of fused-ring (bicyclic) bond motifs is 5. The van der Waals surface area contributed by atoms with Crippen LogP contribution in [0.3, 0.4) is 0 Å². The van der Waals surface area contributed by atoms with Gasteiger partial charge < -0.3 is 9.84 Å². The first-order chi connectivity index (χ1) is 12.1. The van der Waals surface area contributed by atoms with Crippen molar-refractivity contribution in [2.75, 3.05) is 7.11 Å². The van der Waals surface area contributed by atoms with Crippen LogP contribution < -0.4 is 0 Å². The molecule has 2 nitrogen and oxygen atoms in total. The highest BCUT2D eigenvalue weighted by Crippen LogP contribution is 2.73. The zero-order valence-corrected chi connectivity index (χ0v) is 18.1. The van der Waals surface area contributed by atoms with Crippen molar-refractivity contribution in [1.29, 1.82) is 0 Å². The van der Waals surface area contributed by atoms with E-state index in [0.29, 0.717) is 22.3 Å². The summed E-state index contributed by atoms with van der Waals surface area (Å²) in [6, 6.07) is 0. The largest absolute Gasteiger partial charge is 0.393 e. The first kappa shape index (κ1) is 19.2. The summed E-state index contributed by atoms with van der Waals surface area (Å²) in [6.45, 7) is 12.2. The molecule has 4 aliphatic rings. The van der Waals surface area contributed by atoms with Gasteiger partial charge in [-0.2, -0.15) is 0 Å². The molecule has 4 rings (SSSR count). The van der Waals surface area contributed by atoms with Crippen LogP contribution in [0.4, 0.5) is 0 Å². The molecule has 0 aromatic carbocycles. The Hall–Kier alpha value is -0.0800. The molecular weight excluding hydrogens is 320 g/mol. The standard InChI is InChI=1S/C24H42O2/c1-16(25)22(3)13-9-20-18-8-11-21(2)15-17(26-6)7-12-23(21,4)19(18)10-14-24(20,22)5/h16-20,25H,7-15H2,1-6H3/t16-,17+,18-,19+,20+,21+,22-,23-,24+/m1/s1. The number of methoxy groups -OCH3 is 1. The van der Waals surface area contributed by atoms with Crippen molar-refractivity contribution in [3.63, 3.8) is 0 Å². The van der Waals surface area contributed by atoms with E-state index in [9.17, 15) is 5.11 Å². The summed E-state index contributed by atoms with van der Waals surface area (Å²) in [7, 11) is 1.91. The van der Waals surface area contributed by atoms with Crippen molar-refractivity contribution in [3.8, 4) is 0 Å². The molecule has 150 valence electrons. The molecule has 26 heavy (non-hydrogen) atoms. The lowest BCUT2D eigenvalue weighted by Crippen LogP contribution is -2.59. The van der Waals surface area contributed by atoms with Crippen molar-refractivity contribution in [1.82, 2.24) is 0 Å².